The Labute approximate surface area is 185 Å². The van der Waals surface area contributed by atoms with Crippen molar-refractivity contribution >= 4 is 33.7 Å². The van der Waals surface area contributed by atoms with Crippen LogP contribution in [0.25, 0.3) is 0 Å². The van der Waals surface area contributed by atoms with Crippen molar-refractivity contribution in [3.63, 3.8) is 0 Å². The van der Waals surface area contributed by atoms with E-state index in [1.165, 1.54) is 26.2 Å². The molecule has 3 rings (SSSR count). The lowest BCUT2D eigenvalue weighted by molar-refractivity contribution is -0.131. The second-order valence-corrected chi connectivity index (χ2v) is 7.67. The fourth-order valence-corrected chi connectivity index (χ4v) is 4.00. The highest BCUT2D eigenvalue weighted by atomic mass is 79.9. The average Bonchev–Trinajstić information content (AvgIpc) is 3.30. The molecule has 2 aromatic carbocycles. The second-order valence-electron chi connectivity index (χ2n) is 6.88. The third kappa shape index (κ3) is 5.12. The van der Waals surface area contributed by atoms with Crippen molar-refractivity contribution in [3.8, 4) is 11.5 Å². The molecule has 7 nitrogen and oxygen atoms in total. The molecule has 1 amide bonds. The van der Waals surface area contributed by atoms with Gasteiger partial charge in [-0.15, -0.1) is 0 Å². The van der Waals surface area contributed by atoms with Crippen molar-refractivity contribution in [3.05, 3.63) is 52.0 Å². The van der Waals surface area contributed by atoms with E-state index in [-0.39, 0.29) is 5.91 Å². The molecule has 1 atom stereocenters. The van der Waals surface area contributed by atoms with Crippen LogP contribution in [-0.2, 0) is 9.53 Å². The molecule has 2 aromatic rings. The van der Waals surface area contributed by atoms with E-state index in [1.807, 2.05) is 18.2 Å². The van der Waals surface area contributed by atoms with Crippen LogP contribution < -0.4 is 19.8 Å². The minimum Gasteiger partial charge on any atom is -0.495 e. The minimum atomic E-state index is -0.751. The Bertz CT molecular complexity index is 888. The van der Waals surface area contributed by atoms with Gasteiger partial charge in [-0.25, -0.2) is 5.43 Å². The number of nitrogens with one attached hydrogen (secondary N) is 1. The first-order chi connectivity index (χ1) is 14.6. The number of rotatable bonds is 8. The van der Waals surface area contributed by atoms with Gasteiger partial charge in [-0.3, -0.25) is 4.79 Å². The molecule has 1 aliphatic rings. The highest BCUT2D eigenvalue weighted by molar-refractivity contribution is 9.10. The van der Waals surface area contributed by atoms with Gasteiger partial charge in [0.15, 0.2) is 6.10 Å². The summed E-state index contributed by atoms with van der Waals surface area (Å²) in [5, 5.41) is 4.07. The molecule has 1 heterocycles. The molecule has 0 aliphatic carbocycles. The summed E-state index contributed by atoms with van der Waals surface area (Å²) in [5.41, 5.74) is 5.18. The highest BCUT2D eigenvalue weighted by Gasteiger charge is 2.21. The number of carbonyl (C=O) groups excluding carboxylic acids is 1. The van der Waals surface area contributed by atoms with Gasteiger partial charge in [0.1, 0.15) is 16.0 Å². The molecular weight excluding hydrogens is 450 g/mol. The van der Waals surface area contributed by atoms with Crippen LogP contribution in [0, 0.1) is 0 Å². The van der Waals surface area contributed by atoms with E-state index in [9.17, 15) is 4.79 Å². The van der Waals surface area contributed by atoms with Crippen LogP contribution in [0.5, 0.6) is 11.5 Å². The summed E-state index contributed by atoms with van der Waals surface area (Å²) >= 11 is 3.43. The fourth-order valence-electron chi connectivity index (χ4n) is 3.45. The largest absolute Gasteiger partial charge is 0.495 e. The topological polar surface area (TPSA) is 72.4 Å². The quantitative estimate of drug-likeness (QED) is 0.462. The molecule has 1 saturated heterocycles. The maximum atomic E-state index is 12.7. The average molecular weight is 476 g/mol. The number of methoxy groups -OCH3 is 3. The Balaban J connectivity index is 1.71. The summed E-state index contributed by atoms with van der Waals surface area (Å²) in [7, 11) is 4.66. The van der Waals surface area contributed by atoms with Gasteiger partial charge in [0, 0.05) is 31.5 Å². The first-order valence-electron chi connectivity index (χ1n) is 9.69. The fraction of sp³-hybridized carbons (Fsp3) is 0.364. The lowest BCUT2D eigenvalue weighted by atomic mass is 10.1. The number of nitrogens with zero attached hydrogens (tertiary/aromatic N) is 2. The normalized spacial score (nSPS) is 14.7. The number of benzene rings is 2. The predicted octanol–water partition coefficient (Wildman–Crippen LogP) is 3.90. The van der Waals surface area contributed by atoms with Gasteiger partial charge in [-0.05, 0) is 58.6 Å². The Morgan fingerprint density at radius 1 is 1.13 bits per heavy atom. The van der Waals surface area contributed by atoms with Crippen molar-refractivity contribution in [2.45, 2.75) is 18.9 Å². The monoisotopic (exact) mass is 475 g/mol. The van der Waals surface area contributed by atoms with E-state index >= 15 is 0 Å². The van der Waals surface area contributed by atoms with Crippen molar-refractivity contribution in [1.82, 2.24) is 5.43 Å². The summed E-state index contributed by atoms with van der Waals surface area (Å²) in [6, 6.07) is 11.5. The smallest absolute Gasteiger partial charge is 0.273 e. The summed E-state index contributed by atoms with van der Waals surface area (Å²) in [4.78, 5) is 15.0. The van der Waals surface area contributed by atoms with E-state index in [0.29, 0.717) is 16.0 Å². The number of halogens is 1. The van der Waals surface area contributed by atoms with Gasteiger partial charge in [-0.2, -0.15) is 5.10 Å². The maximum Gasteiger partial charge on any atom is 0.273 e. The highest BCUT2D eigenvalue weighted by Crippen LogP contribution is 2.35. The molecule has 0 saturated carbocycles. The molecule has 1 fully saturated rings. The maximum absolute atomic E-state index is 12.7. The molecule has 0 radical (unpaired) electrons. The van der Waals surface area contributed by atoms with Gasteiger partial charge < -0.3 is 19.1 Å². The number of hydrogen-bond acceptors (Lipinski definition) is 6. The molecule has 160 valence electrons. The molecule has 0 spiro atoms. The van der Waals surface area contributed by atoms with Crippen LogP contribution in [0.1, 0.15) is 30.1 Å². The Hall–Kier alpha value is -2.58. The van der Waals surface area contributed by atoms with E-state index in [4.69, 9.17) is 14.2 Å². The van der Waals surface area contributed by atoms with Crippen molar-refractivity contribution < 1.29 is 19.0 Å². The Kier molecular flexibility index (Phi) is 7.70. The first-order valence-corrected chi connectivity index (χ1v) is 10.5. The van der Waals surface area contributed by atoms with Crippen LogP contribution in [0.15, 0.2) is 46.0 Å². The Morgan fingerprint density at radius 2 is 1.80 bits per heavy atom. The van der Waals surface area contributed by atoms with Crippen molar-refractivity contribution in [2.75, 3.05) is 39.3 Å². The second kappa shape index (κ2) is 10.4. The van der Waals surface area contributed by atoms with Crippen LogP contribution in [0.2, 0.25) is 0 Å². The van der Waals surface area contributed by atoms with Gasteiger partial charge in [-0.1, -0.05) is 12.1 Å². The zero-order valence-electron chi connectivity index (χ0n) is 17.4. The van der Waals surface area contributed by atoms with Crippen LogP contribution in [0.4, 0.5) is 5.69 Å². The molecule has 1 N–H and O–H groups in total. The number of amides is 1. The Morgan fingerprint density at radius 3 is 2.40 bits per heavy atom. The third-order valence-electron chi connectivity index (χ3n) is 4.97. The lowest BCUT2D eigenvalue weighted by Gasteiger charge is -2.20. The molecule has 8 heteroatoms. The summed E-state index contributed by atoms with van der Waals surface area (Å²) in [6.07, 6.45) is 3.17. The van der Waals surface area contributed by atoms with Gasteiger partial charge in [0.2, 0.25) is 0 Å². The number of carbonyl (C=O) groups is 1. The van der Waals surface area contributed by atoms with Crippen LogP contribution in [0.3, 0.4) is 0 Å². The molecule has 0 bridgehead atoms. The van der Waals surface area contributed by atoms with Gasteiger partial charge in [0.25, 0.3) is 5.91 Å². The van der Waals surface area contributed by atoms with E-state index in [0.717, 1.165) is 29.9 Å². The predicted molar refractivity (Wildman–Crippen MR) is 121 cm³/mol. The minimum absolute atomic E-state index is 0.344. The van der Waals surface area contributed by atoms with Gasteiger partial charge >= 0.3 is 0 Å². The third-order valence-corrected chi connectivity index (χ3v) is 5.76. The van der Waals surface area contributed by atoms with Crippen molar-refractivity contribution in [1.29, 1.82) is 0 Å². The zero-order valence-corrected chi connectivity index (χ0v) is 18.9. The zero-order chi connectivity index (χ0) is 21.5. The summed E-state index contributed by atoms with van der Waals surface area (Å²) < 4.78 is 16.8. The number of anilines is 1. The SMILES string of the molecule is COc1cc(/C=N/NC(=O)C(OC)c2cccc(N3CCCC3)c2)cc(OC)c1Br. The number of ether oxygens (including phenoxy) is 3. The van der Waals surface area contributed by atoms with E-state index in [1.54, 1.807) is 26.4 Å². The molecular formula is C22H26BrN3O4. The van der Waals surface area contributed by atoms with Gasteiger partial charge in [0.05, 0.1) is 20.4 Å². The number of hydrogen-bond donors (Lipinski definition) is 1. The molecule has 1 unspecified atom stereocenters. The first kappa shape index (κ1) is 22.1. The summed E-state index contributed by atoms with van der Waals surface area (Å²) in [6.45, 7) is 2.08. The van der Waals surface area contributed by atoms with Crippen molar-refractivity contribution in [2.24, 2.45) is 5.10 Å². The molecule has 1 aliphatic heterocycles. The molecule has 30 heavy (non-hydrogen) atoms. The number of hydrazone groups is 1. The summed E-state index contributed by atoms with van der Waals surface area (Å²) in [5.74, 6) is 0.870. The van der Waals surface area contributed by atoms with Crippen LogP contribution >= 0.6 is 15.9 Å². The standard InChI is InChI=1S/C22H26BrN3O4/c1-28-18-11-15(12-19(29-2)20(18)23)14-24-25-22(27)21(30-3)16-7-6-8-17(13-16)26-9-4-5-10-26/h6-8,11-14,21H,4-5,9-10H2,1-3H3,(H,25,27)/b24-14+. The van der Waals surface area contributed by atoms with E-state index in [2.05, 4.69) is 37.4 Å². The van der Waals surface area contributed by atoms with E-state index < -0.39 is 6.10 Å². The lowest BCUT2D eigenvalue weighted by Crippen LogP contribution is -2.27. The molecule has 0 aromatic heterocycles. The van der Waals surface area contributed by atoms with Crippen LogP contribution in [-0.4, -0.2) is 46.5 Å².